The topological polar surface area (TPSA) is 60.9 Å². The highest BCUT2D eigenvalue weighted by Gasteiger charge is 2.27. The summed E-state index contributed by atoms with van der Waals surface area (Å²) in [4.78, 5) is 26.2. The average Bonchev–Trinajstić information content (AvgIpc) is 2.26. The standard InChI is InChI=1S/C13H24N2O3/c1-10(2)15(11(3)16)8-12-6-4-5-7-14(12)9-13(17)18/h10,12H,4-9H2,1-3H3,(H,17,18)/t12-/m0/s1. The maximum atomic E-state index is 11.6. The van der Waals surface area contributed by atoms with E-state index in [-0.39, 0.29) is 24.5 Å². The van der Waals surface area contributed by atoms with Gasteiger partial charge in [0.1, 0.15) is 0 Å². The Morgan fingerprint density at radius 1 is 1.39 bits per heavy atom. The zero-order chi connectivity index (χ0) is 13.7. The smallest absolute Gasteiger partial charge is 0.317 e. The molecular weight excluding hydrogens is 232 g/mol. The molecule has 5 nitrogen and oxygen atoms in total. The molecule has 1 atom stereocenters. The molecule has 1 heterocycles. The van der Waals surface area contributed by atoms with Crippen LogP contribution >= 0.6 is 0 Å². The second-order valence-corrected chi connectivity index (χ2v) is 5.28. The molecule has 1 fully saturated rings. The van der Waals surface area contributed by atoms with E-state index in [2.05, 4.69) is 0 Å². The third-order valence-corrected chi connectivity index (χ3v) is 3.52. The van der Waals surface area contributed by atoms with Crippen LogP contribution in [0.4, 0.5) is 0 Å². The van der Waals surface area contributed by atoms with Crippen molar-refractivity contribution in [3.8, 4) is 0 Å². The van der Waals surface area contributed by atoms with Crippen LogP contribution in [0.15, 0.2) is 0 Å². The molecule has 104 valence electrons. The summed E-state index contributed by atoms with van der Waals surface area (Å²) >= 11 is 0. The van der Waals surface area contributed by atoms with Gasteiger partial charge in [-0.1, -0.05) is 6.42 Å². The number of nitrogens with zero attached hydrogens (tertiary/aromatic N) is 2. The second kappa shape index (κ2) is 6.73. The van der Waals surface area contributed by atoms with E-state index >= 15 is 0 Å². The summed E-state index contributed by atoms with van der Waals surface area (Å²) in [5.41, 5.74) is 0. The number of carbonyl (C=O) groups is 2. The van der Waals surface area contributed by atoms with Crippen molar-refractivity contribution in [1.29, 1.82) is 0 Å². The summed E-state index contributed by atoms with van der Waals surface area (Å²) in [5.74, 6) is -0.730. The van der Waals surface area contributed by atoms with E-state index in [1.165, 1.54) is 0 Å². The normalized spacial score (nSPS) is 21.0. The fraction of sp³-hybridized carbons (Fsp3) is 0.846. The number of carboxylic acids is 1. The molecule has 1 N–H and O–H groups in total. The van der Waals surface area contributed by atoms with Gasteiger partial charge in [0, 0.05) is 25.6 Å². The van der Waals surface area contributed by atoms with Crippen molar-refractivity contribution >= 4 is 11.9 Å². The summed E-state index contributed by atoms with van der Waals surface area (Å²) in [7, 11) is 0. The quantitative estimate of drug-likeness (QED) is 0.802. The van der Waals surface area contributed by atoms with Crippen molar-refractivity contribution in [2.75, 3.05) is 19.6 Å². The zero-order valence-corrected chi connectivity index (χ0v) is 11.6. The highest BCUT2D eigenvalue weighted by molar-refractivity contribution is 5.73. The zero-order valence-electron chi connectivity index (χ0n) is 11.6. The number of carboxylic acid groups (broad SMARTS) is 1. The van der Waals surface area contributed by atoms with Gasteiger partial charge in [-0.25, -0.2) is 0 Å². The molecule has 0 saturated carbocycles. The molecule has 0 aliphatic carbocycles. The molecule has 0 unspecified atom stereocenters. The lowest BCUT2D eigenvalue weighted by molar-refractivity contribution is -0.139. The van der Waals surface area contributed by atoms with Crippen LogP contribution < -0.4 is 0 Å². The van der Waals surface area contributed by atoms with Gasteiger partial charge in [0.05, 0.1) is 6.54 Å². The van der Waals surface area contributed by atoms with Crippen LogP contribution in [-0.2, 0) is 9.59 Å². The predicted molar refractivity (Wildman–Crippen MR) is 69.4 cm³/mol. The Labute approximate surface area is 109 Å². The maximum Gasteiger partial charge on any atom is 0.317 e. The maximum absolute atomic E-state index is 11.6. The van der Waals surface area contributed by atoms with Crippen molar-refractivity contribution in [1.82, 2.24) is 9.80 Å². The minimum absolute atomic E-state index is 0.0610. The number of hydrogen-bond donors (Lipinski definition) is 1. The molecule has 1 saturated heterocycles. The molecule has 0 aromatic heterocycles. The number of aliphatic carboxylic acids is 1. The molecule has 0 aromatic rings. The summed E-state index contributed by atoms with van der Waals surface area (Å²) in [6.07, 6.45) is 3.14. The summed E-state index contributed by atoms with van der Waals surface area (Å²) < 4.78 is 0. The van der Waals surface area contributed by atoms with Gasteiger partial charge in [-0.05, 0) is 33.2 Å². The fourth-order valence-corrected chi connectivity index (χ4v) is 2.58. The molecule has 0 bridgehead atoms. The first-order valence-corrected chi connectivity index (χ1v) is 6.65. The van der Waals surface area contributed by atoms with Gasteiger partial charge in [0.15, 0.2) is 0 Å². The van der Waals surface area contributed by atoms with Gasteiger partial charge < -0.3 is 10.0 Å². The third-order valence-electron chi connectivity index (χ3n) is 3.52. The lowest BCUT2D eigenvalue weighted by Crippen LogP contribution is -2.51. The molecule has 18 heavy (non-hydrogen) atoms. The Morgan fingerprint density at radius 3 is 2.56 bits per heavy atom. The Morgan fingerprint density at radius 2 is 2.06 bits per heavy atom. The van der Waals surface area contributed by atoms with Crippen LogP contribution in [0, 0.1) is 0 Å². The van der Waals surface area contributed by atoms with E-state index in [4.69, 9.17) is 5.11 Å². The SMILES string of the molecule is CC(=O)N(C[C@@H]1CCCCN1CC(=O)O)C(C)C. The van der Waals surface area contributed by atoms with Crippen molar-refractivity contribution in [3.63, 3.8) is 0 Å². The number of likely N-dealkylation sites (tertiary alicyclic amines) is 1. The average molecular weight is 256 g/mol. The lowest BCUT2D eigenvalue weighted by Gasteiger charge is -2.38. The minimum atomic E-state index is -0.791. The van der Waals surface area contributed by atoms with E-state index in [0.29, 0.717) is 6.54 Å². The molecule has 0 spiro atoms. The second-order valence-electron chi connectivity index (χ2n) is 5.28. The summed E-state index contributed by atoms with van der Waals surface area (Å²) in [5, 5.41) is 8.91. The highest BCUT2D eigenvalue weighted by atomic mass is 16.4. The van der Waals surface area contributed by atoms with Crippen LogP contribution in [0.25, 0.3) is 0 Å². The number of hydrogen-bond acceptors (Lipinski definition) is 3. The van der Waals surface area contributed by atoms with Crippen LogP contribution in [0.2, 0.25) is 0 Å². The van der Waals surface area contributed by atoms with E-state index in [1.54, 1.807) is 6.92 Å². The molecule has 1 aliphatic rings. The van der Waals surface area contributed by atoms with Gasteiger partial charge in [-0.3, -0.25) is 14.5 Å². The molecular formula is C13H24N2O3. The Hall–Kier alpha value is -1.10. The Balaban J connectivity index is 2.65. The van der Waals surface area contributed by atoms with Gasteiger partial charge in [-0.15, -0.1) is 0 Å². The van der Waals surface area contributed by atoms with E-state index < -0.39 is 5.97 Å². The predicted octanol–water partition coefficient (Wildman–Crippen LogP) is 1.18. The van der Waals surface area contributed by atoms with E-state index in [1.807, 2.05) is 23.6 Å². The Kier molecular flexibility index (Phi) is 5.59. The molecule has 1 amide bonds. The fourth-order valence-electron chi connectivity index (χ4n) is 2.58. The molecule has 0 radical (unpaired) electrons. The number of rotatable bonds is 5. The number of carbonyl (C=O) groups excluding carboxylic acids is 1. The van der Waals surface area contributed by atoms with Crippen molar-refractivity contribution in [2.45, 2.75) is 52.1 Å². The number of piperidine rings is 1. The first-order valence-electron chi connectivity index (χ1n) is 6.65. The van der Waals surface area contributed by atoms with Crippen LogP contribution in [0.1, 0.15) is 40.0 Å². The molecule has 1 aliphatic heterocycles. The molecule has 0 aromatic carbocycles. The van der Waals surface area contributed by atoms with Crippen LogP contribution in [0.3, 0.4) is 0 Å². The highest BCUT2D eigenvalue weighted by Crippen LogP contribution is 2.18. The minimum Gasteiger partial charge on any atom is -0.480 e. The van der Waals surface area contributed by atoms with Gasteiger partial charge in [0.2, 0.25) is 5.91 Å². The summed E-state index contributed by atoms with van der Waals surface area (Å²) in [6, 6.07) is 0.345. The molecule has 5 heteroatoms. The van der Waals surface area contributed by atoms with Crippen molar-refractivity contribution in [3.05, 3.63) is 0 Å². The van der Waals surface area contributed by atoms with Crippen molar-refractivity contribution < 1.29 is 14.7 Å². The van der Waals surface area contributed by atoms with E-state index in [9.17, 15) is 9.59 Å². The van der Waals surface area contributed by atoms with E-state index in [0.717, 1.165) is 25.8 Å². The van der Waals surface area contributed by atoms with Crippen LogP contribution in [-0.4, -0.2) is 58.5 Å². The van der Waals surface area contributed by atoms with Crippen molar-refractivity contribution in [2.24, 2.45) is 0 Å². The van der Waals surface area contributed by atoms with Crippen LogP contribution in [0.5, 0.6) is 0 Å². The summed E-state index contributed by atoms with van der Waals surface area (Å²) in [6.45, 7) is 7.09. The third kappa shape index (κ3) is 4.29. The van der Waals surface area contributed by atoms with Gasteiger partial charge in [-0.2, -0.15) is 0 Å². The lowest BCUT2D eigenvalue weighted by atomic mass is 10.0. The monoisotopic (exact) mass is 256 g/mol. The van der Waals surface area contributed by atoms with Gasteiger partial charge >= 0.3 is 5.97 Å². The first-order chi connectivity index (χ1) is 8.41. The Bertz CT molecular complexity index is 305. The first kappa shape index (κ1) is 15.0. The van der Waals surface area contributed by atoms with Gasteiger partial charge in [0.25, 0.3) is 0 Å². The number of amides is 1. The largest absolute Gasteiger partial charge is 0.480 e. The molecule has 1 rings (SSSR count).